The molecule has 0 fully saturated rings. The van der Waals surface area contributed by atoms with E-state index in [1.54, 1.807) is 20.8 Å². The van der Waals surface area contributed by atoms with E-state index in [4.69, 9.17) is 15.1 Å². The molecule has 4 N–H and O–H groups in total. The summed E-state index contributed by atoms with van der Waals surface area (Å²) in [7, 11) is -4.04. The van der Waals surface area contributed by atoms with Gasteiger partial charge in [0, 0.05) is 11.4 Å². The molecule has 0 spiro atoms. The molecule has 10 heteroatoms. The summed E-state index contributed by atoms with van der Waals surface area (Å²) in [5.74, 6) is 5.54. The molecule has 28 heavy (non-hydrogen) atoms. The van der Waals surface area contributed by atoms with Gasteiger partial charge in [0.2, 0.25) is 10.0 Å². The Bertz CT molecular complexity index is 798. The number of benzene rings is 1. The van der Waals surface area contributed by atoms with E-state index < -0.39 is 26.7 Å². The molecule has 0 aromatic heterocycles. The summed E-state index contributed by atoms with van der Waals surface area (Å²) in [5.41, 5.74) is 1.51. The quantitative estimate of drug-likeness (QED) is 0.180. The second-order valence-electron chi connectivity index (χ2n) is 6.25. The molecular formula is C18H26N2O6S2. The maximum absolute atomic E-state index is 12.7. The highest BCUT2D eigenvalue weighted by Gasteiger charge is 2.39. The van der Waals surface area contributed by atoms with Crippen LogP contribution in [-0.2, 0) is 14.8 Å². The highest BCUT2D eigenvalue weighted by Crippen LogP contribution is 2.30. The Balaban J connectivity index is 2.99. The zero-order valence-corrected chi connectivity index (χ0v) is 17.7. The first-order valence-electron chi connectivity index (χ1n) is 8.51. The summed E-state index contributed by atoms with van der Waals surface area (Å²) < 4.78 is 32.3. The van der Waals surface area contributed by atoms with Gasteiger partial charge in [0.05, 0.1) is 4.90 Å². The van der Waals surface area contributed by atoms with Crippen LogP contribution in [0.5, 0.6) is 5.75 Å². The lowest BCUT2D eigenvalue weighted by atomic mass is 10.0. The molecule has 1 unspecified atom stereocenters. The van der Waals surface area contributed by atoms with E-state index in [0.717, 1.165) is 0 Å². The Labute approximate surface area is 170 Å². The third kappa shape index (κ3) is 7.33. The van der Waals surface area contributed by atoms with Gasteiger partial charge in [-0.2, -0.15) is 16.5 Å². The van der Waals surface area contributed by atoms with Crippen molar-refractivity contribution < 1.29 is 28.3 Å². The summed E-state index contributed by atoms with van der Waals surface area (Å²) in [4.78, 5) is 12.1. The van der Waals surface area contributed by atoms with Gasteiger partial charge in [-0.15, -0.1) is 5.92 Å². The van der Waals surface area contributed by atoms with Crippen LogP contribution in [0.1, 0.15) is 27.2 Å². The van der Waals surface area contributed by atoms with Gasteiger partial charge in [-0.1, -0.05) is 5.92 Å². The number of nitrogens with one attached hydrogen (secondary N) is 2. The van der Waals surface area contributed by atoms with E-state index in [-0.39, 0.29) is 18.1 Å². The molecule has 0 saturated carbocycles. The molecular weight excluding hydrogens is 404 g/mol. The summed E-state index contributed by atoms with van der Waals surface area (Å²) in [5, 5.41) is 18.0. The van der Waals surface area contributed by atoms with E-state index >= 15 is 0 Å². The van der Waals surface area contributed by atoms with Gasteiger partial charge in [0.15, 0.2) is 0 Å². The fourth-order valence-corrected chi connectivity index (χ4v) is 4.74. The average Bonchev–Trinajstić information content (AvgIpc) is 2.66. The number of amides is 1. The molecule has 1 atom stereocenters. The predicted octanol–water partition coefficient (Wildman–Crippen LogP) is 1.14. The van der Waals surface area contributed by atoms with E-state index in [2.05, 4.69) is 16.6 Å². The molecule has 0 aliphatic heterocycles. The summed E-state index contributed by atoms with van der Waals surface area (Å²) in [6.07, 6.45) is 0.498. The van der Waals surface area contributed by atoms with Gasteiger partial charge in [-0.3, -0.25) is 10.0 Å². The maximum Gasteiger partial charge on any atom is 0.262 e. The van der Waals surface area contributed by atoms with Gasteiger partial charge < -0.3 is 9.84 Å². The van der Waals surface area contributed by atoms with Crippen LogP contribution in [0.4, 0.5) is 0 Å². The molecule has 1 aromatic rings. The number of rotatable bonds is 11. The third-order valence-corrected chi connectivity index (χ3v) is 6.65. The van der Waals surface area contributed by atoms with Crippen LogP contribution >= 0.6 is 11.8 Å². The van der Waals surface area contributed by atoms with E-state index in [0.29, 0.717) is 17.9 Å². The molecule has 0 aliphatic rings. The largest absolute Gasteiger partial charge is 0.481 e. The standard InChI is InChI=1S/C18H26N2O6S2/c1-4-5-12-26-14-7-9-15(10-8-14)28(24,25)20-16(17(22)19-23)18(2,3)27-13-6-11-21/h7-10,16,20-21,23H,6,11-13H2,1-3H3,(H,19,22). The summed E-state index contributed by atoms with van der Waals surface area (Å²) in [6.45, 7) is 5.24. The van der Waals surface area contributed by atoms with Gasteiger partial charge in [-0.05, 0) is 57.2 Å². The first-order valence-corrected chi connectivity index (χ1v) is 11.0. The Hall–Kier alpha value is -1.77. The lowest BCUT2D eigenvalue weighted by Crippen LogP contribution is -2.55. The Morgan fingerprint density at radius 3 is 2.50 bits per heavy atom. The predicted molar refractivity (Wildman–Crippen MR) is 108 cm³/mol. The van der Waals surface area contributed by atoms with Crippen molar-refractivity contribution in [3.05, 3.63) is 24.3 Å². The highest BCUT2D eigenvalue weighted by molar-refractivity contribution is 8.00. The number of ether oxygens (including phenoxy) is 1. The minimum atomic E-state index is -4.04. The van der Waals surface area contributed by atoms with E-state index in [1.165, 1.54) is 41.5 Å². The zero-order valence-electron chi connectivity index (χ0n) is 16.1. The van der Waals surface area contributed by atoms with Crippen LogP contribution in [0.3, 0.4) is 0 Å². The lowest BCUT2D eigenvalue weighted by Gasteiger charge is -2.32. The van der Waals surface area contributed by atoms with Crippen LogP contribution in [-0.4, -0.2) is 54.4 Å². The number of hydrogen-bond donors (Lipinski definition) is 4. The van der Waals surface area contributed by atoms with Crippen molar-refractivity contribution in [2.24, 2.45) is 0 Å². The van der Waals surface area contributed by atoms with Gasteiger partial charge in [0.1, 0.15) is 18.4 Å². The van der Waals surface area contributed by atoms with Crippen LogP contribution in [0.15, 0.2) is 29.2 Å². The van der Waals surface area contributed by atoms with E-state index in [9.17, 15) is 13.2 Å². The number of aliphatic hydroxyl groups excluding tert-OH is 1. The lowest BCUT2D eigenvalue weighted by molar-refractivity contribution is -0.131. The van der Waals surface area contributed by atoms with Crippen LogP contribution in [0.2, 0.25) is 0 Å². The maximum atomic E-state index is 12.7. The minimum absolute atomic E-state index is 0.00999. The van der Waals surface area contributed by atoms with Gasteiger partial charge in [-0.25, -0.2) is 13.9 Å². The summed E-state index contributed by atoms with van der Waals surface area (Å²) in [6, 6.07) is 4.47. The van der Waals surface area contributed by atoms with Crippen molar-refractivity contribution in [2.75, 3.05) is 19.0 Å². The SMILES string of the molecule is CC#CCOc1ccc(S(=O)(=O)NC(C(=O)NO)C(C)(C)SCCCO)cc1. The smallest absolute Gasteiger partial charge is 0.262 e. The molecule has 0 saturated heterocycles. The molecule has 0 bridgehead atoms. The van der Waals surface area contributed by atoms with Crippen molar-refractivity contribution in [3.8, 4) is 17.6 Å². The molecule has 0 heterocycles. The molecule has 8 nitrogen and oxygen atoms in total. The molecule has 1 amide bonds. The molecule has 0 aliphatic carbocycles. The van der Waals surface area contributed by atoms with E-state index in [1.807, 2.05) is 0 Å². The Morgan fingerprint density at radius 2 is 1.96 bits per heavy atom. The number of carbonyl (C=O) groups is 1. The second-order valence-corrected chi connectivity index (χ2v) is 9.71. The monoisotopic (exact) mass is 430 g/mol. The van der Waals surface area contributed by atoms with Crippen LogP contribution in [0.25, 0.3) is 0 Å². The van der Waals surface area contributed by atoms with Crippen LogP contribution in [0, 0.1) is 11.8 Å². The van der Waals surface area contributed by atoms with Gasteiger partial charge >= 0.3 is 0 Å². The van der Waals surface area contributed by atoms with Crippen molar-refractivity contribution in [1.29, 1.82) is 0 Å². The van der Waals surface area contributed by atoms with Crippen molar-refractivity contribution in [2.45, 2.75) is 42.9 Å². The Morgan fingerprint density at radius 1 is 1.32 bits per heavy atom. The minimum Gasteiger partial charge on any atom is -0.481 e. The molecule has 0 radical (unpaired) electrons. The fourth-order valence-electron chi connectivity index (χ4n) is 2.19. The number of hydroxylamine groups is 1. The second kappa shape index (κ2) is 11.3. The summed E-state index contributed by atoms with van der Waals surface area (Å²) >= 11 is 1.31. The van der Waals surface area contributed by atoms with Crippen molar-refractivity contribution >= 4 is 27.7 Å². The number of thioether (sulfide) groups is 1. The van der Waals surface area contributed by atoms with Crippen LogP contribution < -0.4 is 14.9 Å². The van der Waals surface area contributed by atoms with Crippen molar-refractivity contribution in [1.82, 2.24) is 10.2 Å². The topological polar surface area (TPSA) is 125 Å². The first kappa shape index (κ1) is 24.3. The third-order valence-electron chi connectivity index (χ3n) is 3.74. The number of sulfonamides is 1. The number of carbonyl (C=O) groups excluding carboxylic acids is 1. The average molecular weight is 431 g/mol. The Kier molecular flexibility index (Phi) is 9.78. The van der Waals surface area contributed by atoms with Gasteiger partial charge in [0.25, 0.3) is 5.91 Å². The van der Waals surface area contributed by atoms with Crippen molar-refractivity contribution in [3.63, 3.8) is 0 Å². The number of hydrogen-bond acceptors (Lipinski definition) is 7. The number of aliphatic hydroxyl groups is 1. The highest BCUT2D eigenvalue weighted by atomic mass is 32.2. The zero-order chi connectivity index (χ0) is 21.2. The molecule has 156 valence electrons. The fraction of sp³-hybridized carbons (Fsp3) is 0.500. The normalized spacial score (nSPS) is 12.6. The molecule has 1 rings (SSSR count). The molecule has 1 aromatic carbocycles. The first-order chi connectivity index (χ1) is 13.2.